The van der Waals surface area contributed by atoms with Crippen molar-refractivity contribution in [2.24, 2.45) is 0 Å². The van der Waals surface area contributed by atoms with E-state index in [4.69, 9.17) is 21.1 Å². The van der Waals surface area contributed by atoms with E-state index in [0.717, 1.165) is 5.69 Å². The number of ether oxygens (including phenoxy) is 2. The molecule has 1 fully saturated rings. The highest BCUT2D eigenvalue weighted by molar-refractivity contribution is 6.37. The second-order valence-electron chi connectivity index (χ2n) is 8.88. The molecule has 1 aromatic carbocycles. The first-order valence-electron chi connectivity index (χ1n) is 11.4. The summed E-state index contributed by atoms with van der Waals surface area (Å²) in [7, 11) is 1.62. The Balaban J connectivity index is 1.52. The predicted octanol–water partition coefficient (Wildman–Crippen LogP) is 1.41. The Bertz CT molecular complexity index is 1240. The lowest BCUT2D eigenvalue weighted by Gasteiger charge is -2.31. The number of benzene rings is 1. The summed E-state index contributed by atoms with van der Waals surface area (Å²) in [5.74, 6) is -0.496. The molecular weight excluding hydrogens is 474 g/mol. The van der Waals surface area contributed by atoms with Crippen LogP contribution in [0.5, 0.6) is 5.75 Å². The van der Waals surface area contributed by atoms with Crippen molar-refractivity contribution >= 4 is 46.7 Å². The number of rotatable bonds is 2. The second-order valence-corrected chi connectivity index (χ2v) is 9.28. The van der Waals surface area contributed by atoms with E-state index in [1.807, 2.05) is 6.92 Å². The van der Waals surface area contributed by atoms with Crippen LogP contribution in [0.1, 0.15) is 27.3 Å². The van der Waals surface area contributed by atoms with Gasteiger partial charge in [-0.05, 0) is 31.2 Å². The van der Waals surface area contributed by atoms with Gasteiger partial charge in [0.1, 0.15) is 12.4 Å². The average Bonchev–Trinajstić information content (AvgIpc) is 3.30. The van der Waals surface area contributed by atoms with Gasteiger partial charge in [0.2, 0.25) is 0 Å². The van der Waals surface area contributed by atoms with Crippen molar-refractivity contribution in [3.05, 3.63) is 45.7 Å². The summed E-state index contributed by atoms with van der Waals surface area (Å²) in [6, 6.07) is 5.09. The largest absolute Gasteiger partial charge is 0.490 e. The third-order valence-corrected chi connectivity index (χ3v) is 6.52. The van der Waals surface area contributed by atoms with E-state index in [1.165, 1.54) is 4.90 Å². The van der Waals surface area contributed by atoms with Crippen molar-refractivity contribution in [3.8, 4) is 5.75 Å². The number of aromatic amines is 1. The minimum Gasteiger partial charge on any atom is -0.490 e. The van der Waals surface area contributed by atoms with Gasteiger partial charge in [0.05, 0.1) is 46.7 Å². The van der Waals surface area contributed by atoms with E-state index in [-0.39, 0.29) is 43.5 Å². The van der Waals surface area contributed by atoms with E-state index < -0.39 is 6.10 Å². The fraction of sp³-hybridized carbons (Fsp3) is 0.375. The molecule has 3 amide bonds. The maximum atomic E-state index is 13.4. The highest BCUT2D eigenvalue weighted by Gasteiger charge is 2.30. The second kappa shape index (κ2) is 9.37. The number of aromatic nitrogens is 1. The van der Waals surface area contributed by atoms with Gasteiger partial charge in [-0.1, -0.05) is 11.6 Å². The van der Waals surface area contributed by atoms with Gasteiger partial charge in [0.15, 0.2) is 6.10 Å². The Morgan fingerprint density at radius 3 is 2.71 bits per heavy atom. The van der Waals surface area contributed by atoms with Crippen molar-refractivity contribution in [1.29, 1.82) is 0 Å². The Morgan fingerprint density at radius 2 is 1.97 bits per heavy atom. The number of carbonyl (C=O) groups is 3. The minimum atomic E-state index is -0.883. The number of aryl methyl sites for hydroxylation is 1. The van der Waals surface area contributed by atoms with Gasteiger partial charge in [0.25, 0.3) is 17.7 Å². The Morgan fingerprint density at radius 1 is 1.17 bits per heavy atom. The predicted molar refractivity (Wildman–Crippen MR) is 130 cm³/mol. The number of fused-ring (bicyclic) bond motifs is 2. The van der Waals surface area contributed by atoms with Gasteiger partial charge in [0, 0.05) is 31.4 Å². The normalized spacial score (nSPS) is 22.1. The number of amides is 3. The van der Waals surface area contributed by atoms with Crippen molar-refractivity contribution < 1.29 is 23.9 Å². The molecule has 4 N–H and O–H groups in total. The van der Waals surface area contributed by atoms with E-state index in [2.05, 4.69) is 20.9 Å². The summed E-state index contributed by atoms with van der Waals surface area (Å²) in [6.07, 6.45) is 0.766. The number of nitrogens with zero attached hydrogens (tertiary/aromatic N) is 1. The molecule has 0 spiro atoms. The summed E-state index contributed by atoms with van der Waals surface area (Å²) in [6.45, 7) is 3.50. The minimum absolute atomic E-state index is 0.0369. The van der Waals surface area contributed by atoms with E-state index in [1.54, 1.807) is 31.3 Å². The molecule has 5 rings (SSSR count). The van der Waals surface area contributed by atoms with Crippen LogP contribution in [-0.4, -0.2) is 79.6 Å². The quantitative estimate of drug-likeness (QED) is 0.495. The van der Waals surface area contributed by atoms with Crippen LogP contribution in [0, 0.1) is 6.92 Å². The van der Waals surface area contributed by atoms with Crippen LogP contribution in [0.2, 0.25) is 5.02 Å². The molecule has 1 saturated heterocycles. The zero-order valence-corrected chi connectivity index (χ0v) is 20.1. The van der Waals surface area contributed by atoms with Crippen LogP contribution in [0.25, 0.3) is 11.6 Å². The third-order valence-electron chi connectivity index (χ3n) is 6.22. The van der Waals surface area contributed by atoms with Gasteiger partial charge in [-0.2, -0.15) is 0 Å². The lowest BCUT2D eigenvalue weighted by atomic mass is 10.0. The molecule has 0 radical (unpaired) electrons. The maximum Gasteiger partial charge on any atom is 0.256 e. The Hall–Kier alpha value is -3.34. The summed E-state index contributed by atoms with van der Waals surface area (Å²) in [4.78, 5) is 43.7. The number of anilines is 1. The zero-order chi connectivity index (χ0) is 24.7. The number of nitrogens with one attached hydrogen (secondary N) is 4. The van der Waals surface area contributed by atoms with Crippen LogP contribution in [0.4, 0.5) is 5.69 Å². The van der Waals surface area contributed by atoms with Crippen LogP contribution < -0.4 is 20.7 Å². The molecule has 1 aromatic heterocycles. The molecule has 184 valence electrons. The van der Waals surface area contributed by atoms with Gasteiger partial charge < -0.3 is 35.3 Å². The first-order chi connectivity index (χ1) is 16.8. The van der Waals surface area contributed by atoms with Crippen LogP contribution in [0.15, 0.2) is 18.2 Å². The molecule has 1 atom stereocenters. The molecule has 11 heteroatoms. The average molecular weight is 500 g/mol. The summed E-state index contributed by atoms with van der Waals surface area (Å²) in [5.41, 5.74) is 3.22. The molecule has 35 heavy (non-hydrogen) atoms. The number of H-pyrrole nitrogens is 1. The molecule has 2 aromatic rings. The number of halogens is 1. The summed E-state index contributed by atoms with van der Waals surface area (Å²) >= 11 is 6.38. The number of hydrogen-bond donors (Lipinski definition) is 4. The van der Waals surface area contributed by atoms with Crippen LogP contribution in [0.3, 0.4) is 0 Å². The lowest BCUT2D eigenvalue weighted by Crippen LogP contribution is -2.59. The fourth-order valence-electron chi connectivity index (χ4n) is 4.27. The molecule has 0 unspecified atom stereocenters. The van der Waals surface area contributed by atoms with Crippen molar-refractivity contribution in [1.82, 2.24) is 20.5 Å². The first-order valence-corrected chi connectivity index (χ1v) is 11.8. The molecule has 0 saturated carbocycles. The number of hydrogen-bond acceptors (Lipinski definition) is 6. The van der Waals surface area contributed by atoms with E-state index in [0.29, 0.717) is 51.9 Å². The van der Waals surface area contributed by atoms with Gasteiger partial charge in [-0.3, -0.25) is 14.4 Å². The van der Waals surface area contributed by atoms with Gasteiger partial charge in [-0.15, -0.1) is 0 Å². The van der Waals surface area contributed by atoms with Crippen LogP contribution in [-0.2, 0) is 14.3 Å². The van der Waals surface area contributed by atoms with Crippen molar-refractivity contribution in [2.75, 3.05) is 45.2 Å². The first kappa shape index (κ1) is 23.4. The highest BCUT2D eigenvalue weighted by Crippen LogP contribution is 2.40. The summed E-state index contributed by atoms with van der Waals surface area (Å²) in [5, 5.41) is 9.19. The monoisotopic (exact) mass is 499 g/mol. The molecular formula is C24H26ClN5O5. The number of likely N-dealkylation sites (N-methyl/N-ethyl adjacent to an activating group) is 1. The maximum absolute atomic E-state index is 13.4. The fourth-order valence-corrected chi connectivity index (χ4v) is 4.48. The molecule has 0 aliphatic carbocycles. The van der Waals surface area contributed by atoms with Crippen molar-refractivity contribution in [3.63, 3.8) is 0 Å². The van der Waals surface area contributed by atoms with Crippen molar-refractivity contribution in [2.45, 2.75) is 19.1 Å². The third kappa shape index (κ3) is 4.64. The van der Waals surface area contributed by atoms with E-state index >= 15 is 0 Å². The summed E-state index contributed by atoms with van der Waals surface area (Å²) < 4.78 is 11.7. The van der Waals surface area contributed by atoms with Gasteiger partial charge >= 0.3 is 0 Å². The molecule has 3 aliphatic rings. The number of carbonyl (C=O) groups excluding carboxylic acids is 3. The highest BCUT2D eigenvalue weighted by atomic mass is 35.5. The Labute approximate surface area is 207 Å². The van der Waals surface area contributed by atoms with Gasteiger partial charge in [-0.25, -0.2) is 0 Å². The molecule has 3 aliphatic heterocycles. The molecule has 4 heterocycles. The lowest BCUT2D eigenvalue weighted by molar-refractivity contribution is -0.135. The SMILES string of the molecule is Cc1cc2c([nH]1)/C=C1\C(=O)Nc3cc(Cl)c(cc31)OCCO[C@@H](C(=O)NC1CNC1)CN(C)C2=O. The van der Waals surface area contributed by atoms with Crippen LogP contribution >= 0.6 is 11.6 Å². The standard InChI is InChI=1S/C24H26ClN5O5/c1-12-5-16-18(27-12)6-15-14-7-20(17(25)8-19(14)29-22(15)31)34-3-4-35-21(11-30(2)24(16)33)23(32)28-13-9-26-10-13/h5-8,13,21,26-27H,3-4,9-11H2,1-2H3,(H,28,32)(H,29,31)/b15-6-/t21-/m1/s1. The molecule has 2 bridgehead atoms. The molecule has 10 nitrogen and oxygen atoms in total. The zero-order valence-electron chi connectivity index (χ0n) is 19.4. The smallest absolute Gasteiger partial charge is 0.256 e. The van der Waals surface area contributed by atoms with E-state index in [9.17, 15) is 14.4 Å². The Kier molecular flexibility index (Phi) is 6.26. The topological polar surface area (TPSA) is 125 Å².